The molecule has 0 saturated carbocycles. The number of nitriles is 1. The van der Waals surface area contributed by atoms with E-state index in [1.165, 1.54) is 11.8 Å². The zero-order valence-electron chi connectivity index (χ0n) is 9.14. The number of benzene rings is 1. The van der Waals surface area contributed by atoms with Gasteiger partial charge in [0, 0.05) is 11.4 Å². The molecule has 0 unspecified atom stereocenters. The molecule has 0 aliphatic heterocycles. The first-order valence-corrected chi connectivity index (χ1v) is 6.08. The Morgan fingerprint density at radius 3 is 2.65 bits per heavy atom. The van der Waals surface area contributed by atoms with Gasteiger partial charge in [-0.1, -0.05) is 6.07 Å². The van der Waals surface area contributed by atoms with Gasteiger partial charge in [0.2, 0.25) is 0 Å². The molecule has 0 heterocycles. The second-order valence-corrected chi connectivity index (χ2v) is 4.13. The molecule has 0 bridgehead atoms. The lowest BCUT2D eigenvalue weighted by atomic mass is 10.2. The monoisotopic (exact) mass is 260 g/mol. The van der Waals surface area contributed by atoms with Gasteiger partial charge in [-0.15, -0.1) is 11.8 Å². The van der Waals surface area contributed by atoms with Gasteiger partial charge in [-0.2, -0.15) is 18.4 Å². The number of rotatable bonds is 4. The van der Waals surface area contributed by atoms with E-state index in [1.54, 1.807) is 18.2 Å². The average Bonchev–Trinajstić information content (AvgIpc) is 2.27. The van der Waals surface area contributed by atoms with E-state index in [9.17, 15) is 13.2 Å². The summed E-state index contributed by atoms with van der Waals surface area (Å²) in [6.45, 7) is -0.226. The molecule has 1 rings (SSSR count). The molecular formula is C11H11F3N2S. The zero-order valence-corrected chi connectivity index (χ0v) is 9.95. The summed E-state index contributed by atoms with van der Waals surface area (Å²) in [5.41, 5.74) is 0.839. The fourth-order valence-corrected chi connectivity index (χ4v) is 1.88. The van der Waals surface area contributed by atoms with Crippen molar-refractivity contribution < 1.29 is 13.2 Å². The molecule has 0 spiro atoms. The van der Waals surface area contributed by atoms with Gasteiger partial charge in [0.05, 0.1) is 17.7 Å². The third-order valence-corrected chi connectivity index (χ3v) is 2.86. The minimum Gasteiger partial charge on any atom is -0.384 e. The van der Waals surface area contributed by atoms with Crippen LogP contribution in [0.15, 0.2) is 23.1 Å². The van der Waals surface area contributed by atoms with Gasteiger partial charge in [0.15, 0.2) is 0 Å². The Labute approximate surface area is 102 Å². The molecular weight excluding hydrogens is 249 g/mol. The molecule has 0 saturated heterocycles. The average molecular weight is 260 g/mol. The van der Waals surface area contributed by atoms with E-state index in [0.717, 1.165) is 4.90 Å². The van der Waals surface area contributed by atoms with E-state index in [-0.39, 0.29) is 6.54 Å². The summed E-state index contributed by atoms with van der Waals surface area (Å²) >= 11 is 1.39. The van der Waals surface area contributed by atoms with Crippen molar-refractivity contribution in [3.8, 4) is 6.07 Å². The molecule has 92 valence electrons. The molecule has 0 aromatic heterocycles. The Hall–Kier alpha value is -1.35. The summed E-state index contributed by atoms with van der Waals surface area (Å²) in [5, 5.41) is 11.6. The van der Waals surface area contributed by atoms with Crippen molar-refractivity contribution in [3.63, 3.8) is 0 Å². The lowest BCUT2D eigenvalue weighted by molar-refractivity contribution is -0.131. The van der Waals surface area contributed by atoms with E-state index in [4.69, 9.17) is 5.26 Å². The van der Waals surface area contributed by atoms with Crippen LogP contribution in [0.4, 0.5) is 18.9 Å². The van der Waals surface area contributed by atoms with Crippen LogP contribution in [0.5, 0.6) is 0 Å². The van der Waals surface area contributed by atoms with Gasteiger partial charge in [0.1, 0.15) is 6.07 Å². The van der Waals surface area contributed by atoms with Crippen LogP contribution < -0.4 is 5.32 Å². The van der Waals surface area contributed by atoms with E-state index in [2.05, 4.69) is 5.32 Å². The van der Waals surface area contributed by atoms with Crippen molar-refractivity contribution in [1.82, 2.24) is 0 Å². The van der Waals surface area contributed by atoms with Gasteiger partial charge in [-0.3, -0.25) is 0 Å². The van der Waals surface area contributed by atoms with Crippen molar-refractivity contribution in [2.45, 2.75) is 17.5 Å². The Kier molecular flexibility index (Phi) is 4.70. The second-order valence-electron chi connectivity index (χ2n) is 3.29. The molecule has 6 heteroatoms. The predicted molar refractivity (Wildman–Crippen MR) is 62.1 cm³/mol. The fraction of sp³-hybridized carbons (Fsp3) is 0.364. The first-order chi connectivity index (χ1) is 7.98. The van der Waals surface area contributed by atoms with Crippen LogP contribution >= 0.6 is 11.8 Å². The lowest BCUT2D eigenvalue weighted by Crippen LogP contribution is -2.15. The van der Waals surface area contributed by atoms with Crippen LogP contribution in [0, 0.1) is 11.3 Å². The number of thioether (sulfide) groups is 1. The summed E-state index contributed by atoms with van der Waals surface area (Å²) < 4.78 is 35.9. The molecule has 1 N–H and O–H groups in total. The van der Waals surface area contributed by atoms with Crippen LogP contribution in [0.25, 0.3) is 0 Å². The van der Waals surface area contributed by atoms with Crippen molar-refractivity contribution in [3.05, 3.63) is 23.8 Å². The van der Waals surface area contributed by atoms with E-state index >= 15 is 0 Å². The molecule has 0 fully saturated rings. The fourth-order valence-electron chi connectivity index (χ4n) is 1.30. The molecule has 2 nitrogen and oxygen atoms in total. The van der Waals surface area contributed by atoms with E-state index < -0.39 is 12.6 Å². The maximum absolute atomic E-state index is 12.0. The van der Waals surface area contributed by atoms with Gasteiger partial charge in [-0.25, -0.2) is 0 Å². The van der Waals surface area contributed by atoms with Crippen LogP contribution in [0.1, 0.15) is 12.0 Å². The SMILES string of the molecule is CSc1cccc(NCCC(F)(F)F)c1C#N. The van der Waals surface area contributed by atoms with Gasteiger partial charge in [0.25, 0.3) is 0 Å². The van der Waals surface area contributed by atoms with Crippen LogP contribution in [-0.2, 0) is 0 Å². The Balaban J connectivity index is 2.75. The molecule has 1 aromatic carbocycles. The maximum Gasteiger partial charge on any atom is 0.390 e. The smallest absolute Gasteiger partial charge is 0.384 e. The molecule has 0 amide bonds. The number of hydrogen-bond donors (Lipinski definition) is 1. The van der Waals surface area contributed by atoms with Crippen LogP contribution in [0.2, 0.25) is 0 Å². The quantitative estimate of drug-likeness (QED) is 0.839. The van der Waals surface area contributed by atoms with E-state index in [1.807, 2.05) is 12.3 Å². The zero-order chi connectivity index (χ0) is 12.9. The molecule has 0 aliphatic rings. The summed E-state index contributed by atoms with van der Waals surface area (Å²) in [6.07, 6.45) is -3.28. The molecule has 17 heavy (non-hydrogen) atoms. The standard InChI is InChI=1S/C11H11F3N2S/c1-17-10-4-2-3-9(8(10)7-15)16-6-5-11(12,13)14/h2-4,16H,5-6H2,1H3. The first kappa shape index (κ1) is 13.7. The minimum atomic E-state index is -4.18. The lowest BCUT2D eigenvalue weighted by Gasteiger charge is -2.11. The van der Waals surface area contributed by atoms with Crippen LogP contribution in [-0.4, -0.2) is 19.0 Å². The number of halogens is 3. The molecule has 0 aliphatic carbocycles. The number of anilines is 1. The Bertz CT molecular complexity index is 424. The normalized spacial score (nSPS) is 11.0. The number of nitrogens with zero attached hydrogens (tertiary/aromatic N) is 1. The highest BCUT2D eigenvalue weighted by Crippen LogP contribution is 2.27. The Morgan fingerprint density at radius 1 is 1.41 bits per heavy atom. The third kappa shape index (κ3) is 4.19. The van der Waals surface area contributed by atoms with Crippen molar-refractivity contribution in [1.29, 1.82) is 5.26 Å². The van der Waals surface area contributed by atoms with Gasteiger partial charge < -0.3 is 5.32 Å². The minimum absolute atomic E-state index is 0.226. The number of hydrogen-bond acceptors (Lipinski definition) is 3. The highest BCUT2D eigenvalue weighted by Gasteiger charge is 2.26. The topological polar surface area (TPSA) is 35.8 Å². The molecule has 1 aromatic rings. The largest absolute Gasteiger partial charge is 0.390 e. The predicted octanol–water partition coefficient (Wildman–Crippen LogP) is 3.64. The van der Waals surface area contributed by atoms with Crippen molar-refractivity contribution in [2.24, 2.45) is 0 Å². The second kappa shape index (κ2) is 5.82. The van der Waals surface area contributed by atoms with Crippen LogP contribution in [0.3, 0.4) is 0 Å². The summed E-state index contributed by atoms with van der Waals surface area (Å²) in [7, 11) is 0. The highest BCUT2D eigenvalue weighted by molar-refractivity contribution is 7.98. The summed E-state index contributed by atoms with van der Waals surface area (Å²) in [6, 6.07) is 7.08. The molecule has 0 radical (unpaired) electrons. The molecule has 0 atom stereocenters. The van der Waals surface area contributed by atoms with E-state index in [0.29, 0.717) is 11.3 Å². The third-order valence-electron chi connectivity index (χ3n) is 2.08. The Morgan fingerprint density at radius 2 is 2.12 bits per heavy atom. The van der Waals surface area contributed by atoms with Crippen molar-refractivity contribution in [2.75, 3.05) is 18.1 Å². The van der Waals surface area contributed by atoms with Gasteiger partial charge in [-0.05, 0) is 18.4 Å². The van der Waals surface area contributed by atoms with Crippen molar-refractivity contribution >= 4 is 17.4 Å². The number of nitrogens with one attached hydrogen (secondary N) is 1. The summed E-state index contributed by atoms with van der Waals surface area (Å²) in [5.74, 6) is 0. The number of alkyl halides is 3. The van der Waals surface area contributed by atoms with Gasteiger partial charge >= 0.3 is 6.18 Å². The summed E-state index contributed by atoms with van der Waals surface area (Å²) in [4.78, 5) is 0.754. The maximum atomic E-state index is 12.0. The first-order valence-electron chi connectivity index (χ1n) is 4.85. The highest BCUT2D eigenvalue weighted by atomic mass is 32.2.